The Balaban J connectivity index is 1.95. The van der Waals surface area contributed by atoms with Gasteiger partial charge in [0.15, 0.2) is 11.6 Å². The summed E-state index contributed by atoms with van der Waals surface area (Å²) in [6.45, 7) is 2.82. The number of ether oxygens (including phenoxy) is 1. The fourth-order valence-electron chi connectivity index (χ4n) is 3.02. The van der Waals surface area contributed by atoms with Crippen LogP contribution in [0.4, 0.5) is 14.5 Å². The third kappa shape index (κ3) is 4.52. The zero-order chi connectivity index (χ0) is 21.2. The number of hydrogen-bond donors (Lipinski definition) is 1. The van der Waals surface area contributed by atoms with Gasteiger partial charge in [-0.3, -0.25) is 4.79 Å². The molecule has 6 nitrogen and oxygen atoms in total. The van der Waals surface area contributed by atoms with Gasteiger partial charge in [-0.15, -0.1) is 0 Å². The Bertz CT molecular complexity index is 1040. The van der Waals surface area contributed by atoms with Crippen molar-refractivity contribution < 1.29 is 26.7 Å². The first kappa shape index (κ1) is 21.5. The minimum Gasteiger partial charge on any atom is -0.492 e. The molecular formula is C19H19ClF2N2O4S. The molecule has 1 N–H and O–H groups in total. The first-order valence-corrected chi connectivity index (χ1v) is 10.8. The summed E-state index contributed by atoms with van der Waals surface area (Å²) in [6, 6.07) is 5.57. The van der Waals surface area contributed by atoms with Crippen LogP contribution in [0.25, 0.3) is 0 Å². The summed E-state index contributed by atoms with van der Waals surface area (Å²) in [4.78, 5) is 12.4. The second-order valence-electron chi connectivity index (χ2n) is 6.41. The topological polar surface area (TPSA) is 75.7 Å². The molecule has 3 rings (SSSR count). The normalized spacial score (nSPS) is 14.8. The highest BCUT2D eigenvalue weighted by molar-refractivity contribution is 7.89. The summed E-state index contributed by atoms with van der Waals surface area (Å²) in [7, 11) is -3.81. The molecule has 2 aromatic rings. The lowest BCUT2D eigenvalue weighted by Crippen LogP contribution is -2.28. The van der Waals surface area contributed by atoms with Crippen molar-refractivity contribution >= 4 is 33.2 Å². The molecule has 29 heavy (non-hydrogen) atoms. The summed E-state index contributed by atoms with van der Waals surface area (Å²) in [5.41, 5.74) is -0.125. The molecule has 10 heteroatoms. The van der Waals surface area contributed by atoms with Crippen LogP contribution in [0.5, 0.6) is 5.75 Å². The van der Waals surface area contributed by atoms with Crippen molar-refractivity contribution in [2.75, 3.05) is 25.0 Å². The van der Waals surface area contributed by atoms with E-state index in [0.29, 0.717) is 25.2 Å². The number of halogens is 3. The average molecular weight is 445 g/mol. The van der Waals surface area contributed by atoms with Gasteiger partial charge in [-0.2, -0.15) is 4.31 Å². The van der Waals surface area contributed by atoms with Gasteiger partial charge in [0.05, 0.1) is 17.2 Å². The van der Waals surface area contributed by atoms with Crippen LogP contribution >= 0.6 is 11.6 Å². The van der Waals surface area contributed by atoms with Crippen LogP contribution in [0, 0.1) is 11.6 Å². The van der Waals surface area contributed by atoms with Gasteiger partial charge >= 0.3 is 0 Å². The molecule has 0 radical (unpaired) electrons. The highest BCUT2D eigenvalue weighted by Crippen LogP contribution is 2.32. The molecule has 0 atom stereocenters. The monoisotopic (exact) mass is 444 g/mol. The lowest BCUT2D eigenvalue weighted by atomic mass is 10.2. The second kappa shape index (κ2) is 8.64. The van der Waals surface area contributed by atoms with Crippen molar-refractivity contribution in [1.82, 2.24) is 4.31 Å². The van der Waals surface area contributed by atoms with E-state index in [4.69, 9.17) is 16.3 Å². The first-order chi connectivity index (χ1) is 13.7. The van der Waals surface area contributed by atoms with Crippen molar-refractivity contribution in [2.24, 2.45) is 0 Å². The van der Waals surface area contributed by atoms with Gasteiger partial charge in [0.2, 0.25) is 10.0 Å². The number of nitrogens with zero attached hydrogens (tertiary/aromatic N) is 1. The molecule has 1 saturated heterocycles. The van der Waals surface area contributed by atoms with Gasteiger partial charge < -0.3 is 10.1 Å². The number of nitrogens with one attached hydrogen (secondary N) is 1. The Labute approximate surface area is 172 Å². The minimum atomic E-state index is -3.81. The Hall–Kier alpha value is -2.23. The SMILES string of the molecule is CCOc1ccc(NC(=O)c2cc(F)c(F)cc2Cl)cc1S(=O)(=O)N1CCCC1. The maximum absolute atomic E-state index is 13.5. The molecule has 0 aromatic heterocycles. The molecule has 1 amide bonds. The zero-order valence-corrected chi connectivity index (χ0v) is 17.1. The second-order valence-corrected chi connectivity index (χ2v) is 8.72. The predicted molar refractivity (Wildman–Crippen MR) is 105 cm³/mol. The van der Waals surface area contributed by atoms with E-state index in [1.165, 1.54) is 22.5 Å². The fourth-order valence-corrected chi connectivity index (χ4v) is 4.94. The van der Waals surface area contributed by atoms with Crippen molar-refractivity contribution in [3.05, 3.63) is 52.6 Å². The molecule has 1 heterocycles. The van der Waals surface area contributed by atoms with Crippen LogP contribution in [0.1, 0.15) is 30.1 Å². The van der Waals surface area contributed by atoms with Gasteiger partial charge in [0.25, 0.3) is 5.91 Å². The van der Waals surface area contributed by atoms with E-state index >= 15 is 0 Å². The van der Waals surface area contributed by atoms with E-state index in [9.17, 15) is 22.0 Å². The standard InChI is InChI=1S/C19H19ClF2N2O4S/c1-2-28-17-6-5-12(9-18(17)29(26,27)24-7-3-4-8-24)23-19(25)13-10-15(21)16(22)11-14(13)20/h5-6,9-11H,2-4,7-8H2,1H3,(H,23,25). The lowest BCUT2D eigenvalue weighted by Gasteiger charge is -2.19. The maximum atomic E-state index is 13.5. The molecule has 1 aliphatic rings. The summed E-state index contributed by atoms with van der Waals surface area (Å²) in [5.74, 6) is -3.03. The summed E-state index contributed by atoms with van der Waals surface area (Å²) >= 11 is 5.83. The molecular weight excluding hydrogens is 426 g/mol. The van der Waals surface area contributed by atoms with Crippen LogP contribution in [-0.2, 0) is 10.0 Å². The van der Waals surface area contributed by atoms with E-state index in [0.717, 1.165) is 12.8 Å². The molecule has 2 aromatic carbocycles. The molecule has 0 saturated carbocycles. The van der Waals surface area contributed by atoms with Crippen molar-refractivity contribution in [3.63, 3.8) is 0 Å². The molecule has 0 spiro atoms. The van der Waals surface area contributed by atoms with Crippen LogP contribution < -0.4 is 10.1 Å². The largest absolute Gasteiger partial charge is 0.492 e. The van der Waals surface area contributed by atoms with Gasteiger partial charge in [0.1, 0.15) is 10.6 Å². The summed E-state index contributed by atoms with van der Waals surface area (Å²) in [5, 5.41) is 2.20. The summed E-state index contributed by atoms with van der Waals surface area (Å²) < 4.78 is 59.5. The highest BCUT2D eigenvalue weighted by atomic mass is 35.5. The third-order valence-electron chi connectivity index (χ3n) is 4.44. The fraction of sp³-hybridized carbons (Fsp3) is 0.316. The van der Waals surface area contributed by atoms with E-state index in [-0.39, 0.29) is 33.5 Å². The van der Waals surface area contributed by atoms with Crippen LogP contribution in [-0.4, -0.2) is 38.3 Å². The van der Waals surface area contributed by atoms with Gasteiger partial charge in [-0.1, -0.05) is 11.6 Å². The first-order valence-electron chi connectivity index (χ1n) is 8.97. The molecule has 156 valence electrons. The van der Waals surface area contributed by atoms with Gasteiger partial charge in [-0.05, 0) is 50.1 Å². The van der Waals surface area contributed by atoms with E-state index in [1.807, 2.05) is 0 Å². The Morgan fingerprint density at radius 2 is 1.83 bits per heavy atom. The Morgan fingerprint density at radius 3 is 2.48 bits per heavy atom. The van der Waals surface area contributed by atoms with E-state index < -0.39 is 27.6 Å². The Kier molecular flexibility index (Phi) is 6.40. The van der Waals surface area contributed by atoms with Crippen LogP contribution in [0.2, 0.25) is 5.02 Å². The molecule has 1 aliphatic heterocycles. The summed E-state index contributed by atoms with van der Waals surface area (Å²) in [6.07, 6.45) is 1.54. The number of carbonyl (C=O) groups is 1. The predicted octanol–water partition coefficient (Wildman–Crippen LogP) is 4.05. The number of amides is 1. The molecule has 0 unspecified atom stereocenters. The van der Waals surface area contributed by atoms with Gasteiger partial charge in [0, 0.05) is 18.8 Å². The number of anilines is 1. The van der Waals surface area contributed by atoms with Crippen molar-refractivity contribution in [3.8, 4) is 5.75 Å². The zero-order valence-electron chi connectivity index (χ0n) is 15.5. The number of hydrogen-bond acceptors (Lipinski definition) is 4. The molecule has 0 bridgehead atoms. The minimum absolute atomic E-state index is 0.0737. The number of rotatable bonds is 6. The number of sulfonamides is 1. The van der Waals surface area contributed by atoms with Crippen LogP contribution in [0.3, 0.4) is 0 Å². The Morgan fingerprint density at radius 1 is 1.17 bits per heavy atom. The molecule has 1 fully saturated rings. The van der Waals surface area contributed by atoms with Gasteiger partial charge in [-0.25, -0.2) is 17.2 Å². The third-order valence-corrected chi connectivity index (χ3v) is 6.67. The highest BCUT2D eigenvalue weighted by Gasteiger charge is 2.30. The average Bonchev–Trinajstić information content (AvgIpc) is 3.21. The smallest absolute Gasteiger partial charge is 0.257 e. The van der Waals surface area contributed by atoms with E-state index in [2.05, 4.69) is 5.32 Å². The van der Waals surface area contributed by atoms with E-state index in [1.54, 1.807) is 6.92 Å². The number of benzene rings is 2. The van der Waals surface area contributed by atoms with Crippen molar-refractivity contribution in [2.45, 2.75) is 24.7 Å². The quantitative estimate of drug-likeness (QED) is 0.682. The van der Waals surface area contributed by atoms with Crippen LogP contribution in [0.15, 0.2) is 35.2 Å². The molecule has 0 aliphatic carbocycles. The lowest BCUT2D eigenvalue weighted by molar-refractivity contribution is 0.102. The maximum Gasteiger partial charge on any atom is 0.257 e. The van der Waals surface area contributed by atoms with Crippen molar-refractivity contribution in [1.29, 1.82) is 0 Å². The number of carbonyl (C=O) groups excluding carboxylic acids is 1.